The number of carbonyl (C=O) groups is 1. The van der Waals surface area contributed by atoms with Crippen LogP contribution in [0.3, 0.4) is 0 Å². The molecule has 0 fully saturated rings. The zero-order valence-electron chi connectivity index (χ0n) is 6.18. The van der Waals surface area contributed by atoms with Gasteiger partial charge >= 0.3 is 0 Å². The lowest BCUT2D eigenvalue weighted by molar-refractivity contribution is 0.111. The van der Waals surface area contributed by atoms with Crippen molar-refractivity contribution in [1.82, 2.24) is 4.98 Å². The van der Waals surface area contributed by atoms with Gasteiger partial charge in [-0.05, 0) is 0 Å². The summed E-state index contributed by atoms with van der Waals surface area (Å²) in [6, 6.07) is 0.424. The first kappa shape index (κ1) is 9.50. The fourth-order valence-electron chi connectivity index (χ4n) is 0.824. The first-order valence-corrected chi connectivity index (χ1v) is 3.22. The van der Waals surface area contributed by atoms with Crippen molar-refractivity contribution in [1.29, 1.82) is 0 Å². The lowest BCUT2D eigenvalue weighted by atomic mass is 10.2. The van der Waals surface area contributed by atoms with E-state index in [2.05, 4.69) is 0 Å². The Hall–Kier alpha value is -1.59. The van der Waals surface area contributed by atoms with Crippen LogP contribution in [-0.4, -0.2) is 11.3 Å². The Labute approximate surface area is 70.2 Å². The van der Waals surface area contributed by atoms with Gasteiger partial charge in [-0.3, -0.25) is 9.59 Å². The molecule has 0 atom stereocenters. The van der Waals surface area contributed by atoms with Crippen molar-refractivity contribution >= 4 is 6.29 Å². The molecule has 1 heterocycles. The largest absolute Gasteiger partial charge is 0.317 e. The SMILES string of the molecule is O=Cc1[nH]c(=O)cc(C(F)F)c1F. The van der Waals surface area contributed by atoms with E-state index in [0.29, 0.717) is 6.07 Å². The van der Waals surface area contributed by atoms with E-state index in [1.165, 1.54) is 0 Å². The lowest BCUT2D eigenvalue weighted by Gasteiger charge is -2.01. The van der Waals surface area contributed by atoms with Crippen LogP contribution in [0, 0.1) is 5.82 Å². The van der Waals surface area contributed by atoms with Crippen LogP contribution in [0.5, 0.6) is 0 Å². The second-order valence-electron chi connectivity index (χ2n) is 2.24. The van der Waals surface area contributed by atoms with Crippen LogP contribution in [0.1, 0.15) is 22.5 Å². The minimum atomic E-state index is -3.11. The molecular formula is C7H4F3NO2. The van der Waals surface area contributed by atoms with E-state index in [4.69, 9.17) is 0 Å². The number of alkyl halides is 2. The highest BCUT2D eigenvalue weighted by atomic mass is 19.3. The number of halogens is 3. The molecule has 0 amide bonds. The molecular weight excluding hydrogens is 187 g/mol. The molecule has 1 rings (SSSR count). The second-order valence-corrected chi connectivity index (χ2v) is 2.24. The second kappa shape index (κ2) is 3.42. The number of rotatable bonds is 2. The van der Waals surface area contributed by atoms with Gasteiger partial charge in [-0.15, -0.1) is 0 Å². The molecule has 0 aliphatic rings. The fourth-order valence-corrected chi connectivity index (χ4v) is 0.824. The summed E-state index contributed by atoms with van der Waals surface area (Å²) < 4.78 is 36.9. The topological polar surface area (TPSA) is 49.9 Å². The van der Waals surface area contributed by atoms with Gasteiger partial charge in [0.05, 0.1) is 5.56 Å². The summed E-state index contributed by atoms with van der Waals surface area (Å²) in [5.41, 5.74) is -2.76. The maximum absolute atomic E-state index is 12.8. The smallest absolute Gasteiger partial charge is 0.266 e. The van der Waals surface area contributed by atoms with Crippen LogP contribution in [0.15, 0.2) is 10.9 Å². The quantitative estimate of drug-likeness (QED) is 0.715. The third-order valence-corrected chi connectivity index (χ3v) is 1.39. The van der Waals surface area contributed by atoms with Gasteiger partial charge in [-0.25, -0.2) is 13.2 Å². The predicted molar refractivity (Wildman–Crippen MR) is 37.4 cm³/mol. The Morgan fingerprint density at radius 1 is 1.46 bits per heavy atom. The summed E-state index contributed by atoms with van der Waals surface area (Å²) in [5, 5.41) is 0. The van der Waals surface area contributed by atoms with Crippen molar-refractivity contribution < 1.29 is 18.0 Å². The van der Waals surface area contributed by atoms with E-state index in [0.717, 1.165) is 0 Å². The summed E-state index contributed by atoms with van der Waals surface area (Å²) in [6.07, 6.45) is -3.14. The van der Waals surface area contributed by atoms with E-state index >= 15 is 0 Å². The first-order chi connectivity index (χ1) is 6.06. The van der Waals surface area contributed by atoms with Crippen LogP contribution >= 0.6 is 0 Å². The molecule has 0 aliphatic carbocycles. The molecule has 1 N–H and O–H groups in total. The van der Waals surface area contributed by atoms with E-state index in [9.17, 15) is 22.8 Å². The molecule has 0 saturated heterocycles. The van der Waals surface area contributed by atoms with Gasteiger partial charge in [0.1, 0.15) is 5.69 Å². The van der Waals surface area contributed by atoms with Gasteiger partial charge in [0, 0.05) is 6.07 Å². The number of hydrogen-bond donors (Lipinski definition) is 1. The number of H-pyrrole nitrogens is 1. The van der Waals surface area contributed by atoms with Crippen molar-refractivity contribution in [3.63, 3.8) is 0 Å². The molecule has 0 unspecified atom stereocenters. The molecule has 0 spiro atoms. The average molecular weight is 191 g/mol. The van der Waals surface area contributed by atoms with Crippen molar-refractivity contribution in [2.24, 2.45) is 0 Å². The number of pyridine rings is 1. The molecule has 13 heavy (non-hydrogen) atoms. The number of aromatic amines is 1. The van der Waals surface area contributed by atoms with Crippen molar-refractivity contribution in [2.45, 2.75) is 6.43 Å². The molecule has 3 nitrogen and oxygen atoms in total. The van der Waals surface area contributed by atoms with E-state index in [-0.39, 0.29) is 6.29 Å². The van der Waals surface area contributed by atoms with Gasteiger partial charge in [0.2, 0.25) is 5.56 Å². The van der Waals surface area contributed by atoms with Crippen LogP contribution in [0.2, 0.25) is 0 Å². The molecule has 0 saturated carbocycles. The van der Waals surface area contributed by atoms with Gasteiger partial charge < -0.3 is 4.98 Å². The van der Waals surface area contributed by atoms with E-state index in [1.807, 2.05) is 0 Å². The van der Waals surface area contributed by atoms with Gasteiger partial charge in [0.25, 0.3) is 6.43 Å². The Morgan fingerprint density at radius 3 is 2.54 bits per heavy atom. The number of aromatic nitrogens is 1. The third kappa shape index (κ3) is 1.77. The minimum Gasteiger partial charge on any atom is -0.317 e. The van der Waals surface area contributed by atoms with Crippen molar-refractivity contribution in [3.8, 4) is 0 Å². The third-order valence-electron chi connectivity index (χ3n) is 1.39. The van der Waals surface area contributed by atoms with Crippen molar-refractivity contribution in [2.75, 3.05) is 0 Å². The molecule has 0 bridgehead atoms. The highest BCUT2D eigenvalue weighted by Crippen LogP contribution is 2.20. The number of aldehydes is 1. The van der Waals surface area contributed by atoms with Gasteiger partial charge in [-0.1, -0.05) is 0 Å². The number of hydrogen-bond acceptors (Lipinski definition) is 2. The highest BCUT2D eigenvalue weighted by molar-refractivity contribution is 5.72. The van der Waals surface area contributed by atoms with Crippen LogP contribution in [0.25, 0.3) is 0 Å². The average Bonchev–Trinajstić information content (AvgIpc) is 2.08. The zero-order valence-corrected chi connectivity index (χ0v) is 6.18. The summed E-state index contributed by atoms with van der Waals surface area (Å²) in [4.78, 5) is 22.5. The van der Waals surface area contributed by atoms with E-state index in [1.54, 1.807) is 4.98 Å². The normalized spacial score (nSPS) is 10.5. The molecule has 0 aliphatic heterocycles. The fraction of sp³-hybridized carbons (Fsp3) is 0.143. The first-order valence-electron chi connectivity index (χ1n) is 3.22. The lowest BCUT2D eigenvalue weighted by Crippen LogP contribution is -2.13. The van der Waals surface area contributed by atoms with Crippen LogP contribution in [-0.2, 0) is 0 Å². The molecule has 1 aromatic heterocycles. The Balaban J connectivity index is 3.44. The van der Waals surface area contributed by atoms with Crippen LogP contribution in [0.4, 0.5) is 13.2 Å². The van der Waals surface area contributed by atoms with Crippen LogP contribution < -0.4 is 5.56 Å². The van der Waals surface area contributed by atoms with Crippen molar-refractivity contribution in [3.05, 3.63) is 33.5 Å². The summed E-state index contributed by atoms with van der Waals surface area (Å²) in [7, 11) is 0. The number of carbonyl (C=O) groups excluding carboxylic acids is 1. The monoisotopic (exact) mass is 191 g/mol. The number of nitrogens with one attached hydrogen (secondary N) is 1. The standard InChI is InChI=1S/C7H4F3NO2/c8-6-3(7(9)10)1-5(13)11-4(6)2-12/h1-2,7H,(H,11,13). The predicted octanol–water partition coefficient (Wildman–Crippen LogP) is 1.26. The molecule has 1 aromatic rings. The summed E-state index contributed by atoms with van der Waals surface area (Å²) in [6.45, 7) is 0. The Kier molecular flexibility index (Phi) is 2.50. The Morgan fingerprint density at radius 2 is 2.08 bits per heavy atom. The summed E-state index contributed by atoms with van der Waals surface area (Å²) in [5.74, 6) is -1.38. The van der Waals surface area contributed by atoms with Gasteiger partial charge in [0.15, 0.2) is 12.1 Å². The Bertz CT molecular complexity index is 386. The molecule has 6 heteroatoms. The van der Waals surface area contributed by atoms with Gasteiger partial charge in [-0.2, -0.15) is 0 Å². The maximum atomic E-state index is 12.8. The molecule has 0 aromatic carbocycles. The minimum absolute atomic E-state index is 0.0252. The summed E-state index contributed by atoms with van der Waals surface area (Å²) >= 11 is 0. The zero-order chi connectivity index (χ0) is 10.0. The molecule has 70 valence electrons. The highest BCUT2D eigenvalue weighted by Gasteiger charge is 2.17. The molecule has 0 radical (unpaired) electrons. The maximum Gasteiger partial charge on any atom is 0.266 e. The van der Waals surface area contributed by atoms with E-state index < -0.39 is 29.1 Å².